The number of benzene rings is 2. The molecule has 1 amide bonds. The number of anilines is 1. The fraction of sp³-hybridized carbons (Fsp3) is 0.250. The molecule has 0 aliphatic carbocycles. The Balaban J connectivity index is 1.50. The first-order valence-corrected chi connectivity index (χ1v) is 10.1. The highest BCUT2D eigenvalue weighted by Crippen LogP contribution is 2.34. The predicted molar refractivity (Wildman–Crippen MR) is 110 cm³/mol. The number of aliphatic hydroxyl groups is 1. The Kier molecular flexibility index (Phi) is 5.68. The second kappa shape index (κ2) is 8.54. The van der Waals surface area contributed by atoms with Crippen molar-refractivity contribution in [3.05, 3.63) is 52.8 Å². The van der Waals surface area contributed by atoms with E-state index in [1.807, 2.05) is 6.07 Å². The average molecular weight is 413 g/mol. The Morgan fingerprint density at radius 2 is 2.03 bits per heavy atom. The van der Waals surface area contributed by atoms with Gasteiger partial charge in [0.1, 0.15) is 0 Å². The molecule has 0 atom stereocenters. The lowest BCUT2D eigenvalue weighted by atomic mass is 10.2. The fourth-order valence-corrected chi connectivity index (χ4v) is 3.81. The second-order valence-electron chi connectivity index (χ2n) is 6.35. The third kappa shape index (κ3) is 4.20. The van der Waals surface area contributed by atoms with E-state index < -0.39 is 0 Å². The van der Waals surface area contributed by atoms with Gasteiger partial charge in [0.25, 0.3) is 5.56 Å². The molecule has 1 aliphatic rings. The summed E-state index contributed by atoms with van der Waals surface area (Å²) in [6.45, 7) is 0.467. The van der Waals surface area contributed by atoms with Crippen molar-refractivity contribution in [3.8, 4) is 11.5 Å². The van der Waals surface area contributed by atoms with Gasteiger partial charge in [0, 0.05) is 24.9 Å². The smallest absolute Gasteiger partial charge is 0.262 e. The molecular weight excluding hydrogens is 394 g/mol. The van der Waals surface area contributed by atoms with Crippen LogP contribution in [0.5, 0.6) is 11.5 Å². The molecule has 29 heavy (non-hydrogen) atoms. The molecule has 2 aromatic carbocycles. The molecular formula is C20H19N3O5S. The van der Waals surface area contributed by atoms with E-state index in [1.54, 1.807) is 36.4 Å². The minimum Gasteiger partial charge on any atom is -0.454 e. The first-order valence-electron chi connectivity index (χ1n) is 9.08. The van der Waals surface area contributed by atoms with Gasteiger partial charge in [0.05, 0.1) is 16.7 Å². The van der Waals surface area contributed by atoms with Crippen molar-refractivity contribution in [2.75, 3.05) is 24.5 Å². The van der Waals surface area contributed by atoms with Gasteiger partial charge in [0.15, 0.2) is 16.7 Å². The Labute approximate surface area is 170 Å². The van der Waals surface area contributed by atoms with Crippen LogP contribution in [0.1, 0.15) is 6.42 Å². The molecule has 1 aromatic heterocycles. The molecule has 4 rings (SSSR count). The molecule has 0 saturated carbocycles. The zero-order valence-corrected chi connectivity index (χ0v) is 16.3. The van der Waals surface area contributed by atoms with Gasteiger partial charge in [-0.25, -0.2) is 4.98 Å². The van der Waals surface area contributed by atoms with Gasteiger partial charge in [-0.2, -0.15) is 0 Å². The maximum atomic E-state index is 12.8. The Bertz CT molecular complexity index is 1110. The monoisotopic (exact) mass is 413 g/mol. The first-order chi connectivity index (χ1) is 14.2. The van der Waals surface area contributed by atoms with E-state index in [1.165, 1.54) is 16.3 Å². The summed E-state index contributed by atoms with van der Waals surface area (Å²) in [5, 5.41) is 12.9. The lowest BCUT2D eigenvalue weighted by Gasteiger charge is -2.12. The van der Waals surface area contributed by atoms with Crippen LogP contribution in [0.4, 0.5) is 5.69 Å². The van der Waals surface area contributed by atoms with Gasteiger partial charge in [-0.1, -0.05) is 23.9 Å². The Morgan fingerprint density at radius 1 is 1.21 bits per heavy atom. The zero-order valence-electron chi connectivity index (χ0n) is 15.5. The van der Waals surface area contributed by atoms with Crippen molar-refractivity contribution in [1.29, 1.82) is 0 Å². The van der Waals surface area contributed by atoms with Crippen molar-refractivity contribution >= 4 is 34.3 Å². The standard InChI is InChI=1S/C20H19N3O5S/c24-9-3-8-23-19(26)14-4-1-2-5-15(14)22-20(23)29-11-18(25)21-13-6-7-16-17(10-13)28-12-27-16/h1-2,4-7,10,24H,3,8-9,11-12H2,(H,21,25). The number of nitrogens with zero attached hydrogens (tertiary/aromatic N) is 2. The lowest BCUT2D eigenvalue weighted by Crippen LogP contribution is -2.24. The van der Waals surface area contributed by atoms with Gasteiger partial charge in [-0.15, -0.1) is 0 Å². The first kappa shape index (κ1) is 19.3. The number of carbonyl (C=O) groups excluding carboxylic acids is 1. The number of amides is 1. The van der Waals surface area contributed by atoms with Gasteiger partial charge >= 0.3 is 0 Å². The number of thioether (sulfide) groups is 1. The lowest BCUT2D eigenvalue weighted by molar-refractivity contribution is -0.113. The van der Waals surface area contributed by atoms with Crippen LogP contribution < -0.4 is 20.3 Å². The van der Waals surface area contributed by atoms with Crippen LogP contribution >= 0.6 is 11.8 Å². The van der Waals surface area contributed by atoms with E-state index in [4.69, 9.17) is 14.6 Å². The molecule has 0 unspecified atom stereocenters. The SMILES string of the molecule is O=C(CSc1nc2ccccc2c(=O)n1CCCO)Nc1ccc2c(c1)OCO2. The van der Waals surface area contributed by atoms with Crippen LogP contribution in [0.2, 0.25) is 0 Å². The minimum atomic E-state index is -0.231. The normalized spacial score (nSPS) is 12.3. The molecule has 1 aliphatic heterocycles. The minimum absolute atomic E-state index is 0.0338. The average Bonchev–Trinajstić information content (AvgIpc) is 3.20. The molecule has 150 valence electrons. The Morgan fingerprint density at radius 3 is 2.90 bits per heavy atom. The summed E-state index contributed by atoms with van der Waals surface area (Å²) in [7, 11) is 0. The van der Waals surface area contributed by atoms with E-state index in [-0.39, 0.29) is 30.6 Å². The van der Waals surface area contributed by atoms with Gasteiger partial charge in [-0.3, -0.25) is 14.2 Å². The van der Waals surface area contributed by atoms with Crippen molar-refractivity contribution in [1.82, 2.24) is 9.55 Å². The molecule has 0 radical (unpaired) electrons. The number of nitrogens with one attached hydrogen (secondary N) is 1. The van der Waals surface area contributed by atoms with E-state index >= 15 is 0 Å². The quantitative estimate of drug-likeness (QED) is 0.452. The van der Waals surface area contributed by atoms with Crippen LogP contribution in [-0.2, 0) is 11.3 Å². The van der Waals surface area contributed by atoms with Crippen LogP contribution in [0.15, 0.2) is 52.4 Å². The molecule has 9 heteroatoms. The molecule has 2 N–H and O–H groups in total. The van der Waals surface area contributed by atoms with E-state index in [9.17, 15) is 9.59 Å². The summed E-state index contributed by atoms with van der Waals surface area (Å²) >= 11 is 1.18. The maximum Gasteiger partial charge on any atom is 0.262 e. The van der Waals surface area contributed by atoms with Crippen LogP contribution in [0.3, 0.4) is 0 Å². The van der Waals surface area contributed by atoms with Gasteiger partial charge in [0.2, 0.25) is 12.7 Å². The topological polar surface area (TPSA) is 103 Å². The van der Waals surface area contributed by atoms with Crippen LogP contribution in [-0.4, -0.2) is 39.7 Å². The number of carbonyl (C=O) groups is 1. The number of hydrogen-bond donors (Lipinski definition) is 2. The summed E-state index contributed by atoms with van der Waals surface area (Å²) in [6, 6.07) is 12.3. The number of aromatic nitrogens is 2. The van der Waals surface area contributed by atoms with Crippen molar-refractivity contribution in [2.24, 2.45) is 0 Å². The van der Waals surface area contributed by atoms with E-state index in [0.717, 1.165) is 0 Å². The molecule has 0 saturated heterocycles. The van der Waals surface area contributed by atoms with Gasteiger partial charge < -0.3 is 19.9 Å². The number of hydrogen-bond acceptors (Lipinski definition) is 7. The molecule has 0 fully saturated rings. The summed E-state index contributed by atoms with van der Waals surface area (Å²) in [5.41, 5.74) is 1.00. The molecule has 0 bridgehead atoms. The molecule has 2 heterocycles. The largest absolute Gasteiger partial charge is 0.454 e. The van der Waals surface area contributed by atoms with Crippen molar-refractivity contribution in [3.63, 3.8) is 0 Å². The molecule has 0 spiro atoms. The number of para-hydroxylation sites is 1. The maximum absolute atomic E-state index is 12.8. The predicted octanol–water partition coefficient (Wildman–Crippen LogP) is 2.24. The summed E-state index contributed by atoms with van der Waals surface area (Å²) in [5.74, 6) is 1.08. The summed E-state index contributed by atoms with van der Waals surface area (Å²) in [6.07, 6.45) is 0.427. The second-order valence-corrected chi connectivity index (χ2v) is 7.29. The Hall–Kier alpha value is -3.04. The van der Waals surface area contributed by atoms with Crippen molar-refractivity contribution in [2.45, 2.75) is 18.1 Å². The van der Waals surface area contributed by atoms with E-state index in [2.05, 4.69) is 10.3 Å². The highest BCUT2D eigenvalue weighted by atomic mass is 32.2. The summed E-state index contributed by atoms with van der Waals surface area (Å²) in [4.78, 5) is 29.7. The number of rotatable bonds is 7. The highest BCUT2D eigenvalue weighted by Gasteiger charge is 2.16. The number of aliphatic hydroxyl groups excluding tert-OH is 1. The third-order valence-corrected chi connectivity index (χ3v) is 5.33. The van der Waals surface area contributed by atoms with Crippen LogP contribution in [0, 0.1) is 0 Å². The summed E-state index contributed by atoms with van der Waals surface area (Å²) < 4.78 is 12.1. The highest BCUT2D eigenvalue weighted by molar-refractivity contribution is 7.99. The third-order valence-electron chi connectivity index (χ3n) is 4.36. The number of fused-ring (bicyclic) bond motifs is 2. The van der Waals surface area contributed by atoms with Crippen LogP contribution in [0.25, 0.3) is 10.9 Å². The van der Waals surface area contributed by atoms with Crippen molar-refractivity contribution < 1.29 is 19.4 Å². The van der Waals surface area contributed by atoms with E-state index in [0.29, 0.717) is 46.2 Å². The zero-order chi connectivity index (χ0) is 20.2. The fourth-order valence-electron chi connectivity index (χ4n) is 2.99. The molecule has 3 aromatic rings. The number of ether oxygens (including phenoxy) is 2. The molecule has 8 nitrogen and oxygen atoms in total. The van der Waals surface area contributed by atoms with Gasteiger partial charge in [-0.05, 0) is 30.7 Å².